The first kappa shape index (κ1) is 20.6. The van der Waals surface area contributed by atoms with Crippen LogP contribution < -0.4 is 4.74 Å². The smallest absolute Gasteiger partial charge is 0.248 e. The van der Waals surface area contributed by atoms with Crippen LogP contribution >= 0.6 is 0 Å². The van der Waals surface area contributed by atoms with Gasteiger partial charge in [-0.05, 0) is 54.8 Å². The molecule has 2 aliphatic rings. The Labute approximate surface area is 175 Å². The summed E-state index contributed by atoms with van der Waals surface area (Å²) in [5, 5.41) is 9.64. The fourth-order valence-corrected chi connectivity index (χ4v) is 4.12. The minimum absolute atomic E-state index is 0.0273. The van der Waals surface area contributed by atoms with Gasteiger partial charge in [0.25, 0.3) is 0 Å². The number of ether oxygens (including phenoxy) is 2. The lowest BCUT2D eigenvalue weighted by Crippen LogP contribution is -2.55. The van der Waals surface area contributed by atoms with Crippen LogP contribution in [0.1, 0.15) is 18.4 Å². The fourth-order valence-electron chi connectivity index (χ4n) is 4.12. The van der Waals surface area contributed by atoms with E-state index in [1.165, 1.54) is 12.1 Å². The maximum atomic E-state index is 13.0. The zero-order chi connectivity index (χ0) is 20.9. The molecule has 4 rings (SSSR count). The summed E-state index contributed by atoms with van der Waals surface area (Å²) in [6, 6.07) is 13.4. The molecule has 0 spiro atoms. The number of aromatic hydroxyl groups is 1. The van der Waals surface area contributed by atoms with E-state index in [1.807, 2.05) is 17.0 Å². The van der Waals surface area contributed by atoms with E-state index in [0.717, 1.165) is 38.0 Å². The number of carbonyl (C=O) groups is 1. The number of likely N-dealkylation sites (tertiary alicyclic amines) is 1. The fraction of sp³-hybridized carbons (Fsp3) is 0.435. The first-order valence-electron chi connectivity index (χ1n) is 10.4. The summed E-state index contributed by atoms with van der Waals surface area (Å²) in [6.45, 7) is 3.51. The van der Waals surface area contributed by atoms with E-state index in [4.69, 9.17) is 9.47 Å². The average Bonchev–Trinajstić information content (AvgIpc) is 2.75. The quantitative estimate of drug-likeness (QED) is 0.788. The number of phenols is 1. The number of phenolic OH excluding ortho intramolecular Hbond substituents is 1. The minimum atomic E-state index is -0.302. The summed E-state index contributed by atoms with van der Waals surface area (Å²) in [5.74, 6) is 0.599. The SMILES string of the molecule is O=C1COC(COc2ccc(F)cc2)CN1C1CCN(Cc2cccc(O)c2)CC1. The van der Waals surface area contributed by atoms with Crippen molar-refractivity contribution in [3.8, 4) is 11.5 Å². The van der Waals surface area contributed by atoms with Crippen LogP contribution in [0.5, 0.6) is 11.5 Å². The van der Waals surface area contributed by atoms with Gasteiger partial charge < -0.3 is 19.5 Å². The van der Waals surface area contributed by atoms with E-state index in [9.17, 15) is 14.3 Å². The molecule has 1 unspecified atom stereocenters. The molecule has 6 nitrogen and oxygen atoms in total. The third-order valence-corrected chi connectivity index (χ3v) is 5.73. The highest BCUT2D eigenvalue weighted by Gasteiger charge is 2.33. The Kier molecular flexibility index (Phi) is 6.50. The number of piperidine rings is 1. The third-order valence-electron chi connectivity index (χ3n) is 5.73. The van der Waals surface area contributed by atoms with Gasteiger partial charge in [-0.2, -0.15) is 0 Å². The van der Waals surface area contributed by atoms with Gasteiger partial charge in [0.15, 0.2) is 0 Å². The lowest BCUT2D eigenvalue weighted by atomic mass is 10.0. The number of hydrogen-bond acceptors (Lipinski definition) is 5. The van der Waals surface area contributed by atoms with Crippen molar-refractivity contribution in [2.24, 2.45) is 0 Å². The van der Waals surface area contributed by atoms with Gasteiger partial charge in [-0.25, -0.2) is 4.39 Å². The van der Waals surface area contributed by atoms with Crippen LogP contribution in [0, 0.1) is 5.82 Å². The summed E-state index contributed by atoms with van der Waals surface area (Å²) in [6.07, 6.45) is 1.63. The number of benzene rings is 2. The number of halogens is 1. The van der Waals surface area contributed by atoms with Gasteiger partial charge in [-0.1, -0.05) is 12.1 Å². The van der Waals surface area contributed by atoms with E-state index in [1.54, 1.807) is 24.3 Å². The second-order valence-electron chi connectivity index (χ2n) is 7.92. The Morgan fingerprint density at radius 3 is 2.63 bits per heavy atom. The average molecular weight is 414 g/mol. The zero-order valence-corrected chi connectivity index (χ0v) is 16.9. The molecule has 1 N–H and O–H groups in total. The Hall–Kier alpha value is -2.64. The Bertz CT molecular complexity index is 853. The number of amides is 1. The summed E-state index contributed by atoms with van der Waals surface area (Å²) in [4.78, 5) is 16.7. The maximum absolute atomic E-state index is 13.0. The Morgan fingerprint density at radius 2 is 1.90 bits per heavy atom. The number of carbonyl (C=O) groups excluding carboxylic acids is 1. The molecule has 1 amide bonds. The van der Waals surface area contributed by atoms with E-state index in [-0.39, 0.29) is 36.2 Å². The van der Waals surface area contributed by atoms with Crippen LogP contribution in [-0.4, -0.2) is 65.8 Å². The highest BCUT2D eigenvalue weighted by Crippen LogP contribution is 2.23. The molecule has 7 heteroatoms. The molecule has 2 aromatic carbocycles. The van der Waals surface area contributed by atoms with Gasteiger partial charge in [0, 0.05) is 25.7 Å². The van der Waals surface area contributed by atoms with Crippen molar-refractivity contribution >= 4 is 5.91 Å². The molecule has 2 heterocycles. The van der Waals surface area contributed by atoms with Crippen molar-refractivity contribution in [2.75, 3.05) is 32.8 Å². The van der Waals surface area contributed by atoms with Crippen LogP contribution in [-0.2, 0) is 16.1 Å². The Morgan fingerprint density at radius 1 is 1.13 bits per heavy atom. The van der Waals surface area contributed by atoms with Gasteiger partial charge in [0.2, 0.25) is 5.91 Å². The Balaban J connectivity index is 1.27. The van der Waals surface area contributed by atoms with Crippen LogP contribution in [0.15, 0.2) is 48.5 Å². The number of rotatable bonds is 6. The predicted molar refractivity (Wildman–Crippen MR) is 110 cm³/mol. The van der Waals surface area contributed by atoms with Crippen LogP contribution in [0.3, 0.4) is 0 Å². The van der Waals surface area contributed by atoms with E-state index in [2.05, 4.69) is 4.90 Å². The van der Waals surface area contributed by atoms with Gasteiger partial charge in [-0.3, -0.25) is 9.69 Å². The van der Waals surface area contributed by atoms with Crippen LogP contribution in [0.4, 0.5) is 4.39 Å². The molecule has 1 atom stereocenters. The van der Waals surface area contributed by atoms with E-state index >= 15 is 0 Å². The summed E-state index contributed by atoms with van der Waals surface area (Å²) < 4.78 is 24.4. The number of nitrogens with zero attached hydrogens (tertiary/aromatic N) is 2. The normalized spacial score (nSPS) is 21.0. The molecule has 0 aliphatic carbocycles. The summed E-state index contributed by atoms with van der Waals surface area (Å²) in [7, 11) is 0. The third kappa shape index (κ3) is 5.29. The summed E-state index contributed by atoms with van der Waals surface area (Å²) >= 11 is 0. The highest BCUT2D eigenvalue weighted by molar-refractivity contribution is 5.78. The minimum Gasteiger partial charge on any atom is -0.508 e. The molecular weight excluding hydrogens is 387 g/mol. The second-order valence-corrected chi connectivity index (χ2v) is 7.92. The molecule has 2 fully saturated rings. The van der Waals surface area contributed by atoms with Crippen LogP contribution in [0.25, 0.3) is 0 Å². The molecular formula is C23H27FN2O4. The standard InChI is InChI=1S/C23H27FN2O4/c24-18-4-6-21(7-5-18)29-15-22-14-26(23(28)16-30-22)19-8-10-25(11-9-19)13-17-2-1-3-20(27)12-17/h1-7,12,19,22,27H,8-11,13-16H2. The van der Waals surface area contributed by atoms with Crippen molar-refractivity contribution in [3.63, 3.8) is 0 Å². The molecule has 160 valence electrons. The molecule has 0 aromatic heterocycles. The monoisotopic (exact) mass is 414 g/mol. The lowest BCUT2D eigenvalue weighted by molar-refractivity contribution is -0.155. The molecule has 2 aliphatic heterocycles. The number of morpholine rings is 1. The topological polar surface area (TPSA) is 62.2 Å². The van der Waals surface area contributed by atoms with Crippen molar-refractivity contribution in [2.45, 2.75) is 31.5 Å². The molecule has 0 bridgehead atoms. The molecule has 2 aromatic rings. The second kappa shape index (κ2) is 9.45. The molecule has 2 saturated heterocycles. The largest absolute Gasteiger partial charge is 0.508 e. The molecule has 0 radical (unpaired) electrons. The van der Waals surface area contributed by atoms with Gasteiger partial charge in [0.05, 0.1) is 6.54 Å². The van der Waals surface area contributed by atoms with Crippen molar-refractivity contribution in [3.05, 3.63) is 59.9 Å². The van der Waals surface area contributed by atoms with Gasteiger partial charge >= 0.3 is 0 Å². The predicted octanol–water partition coefficient (Wildman–Crippen LogP) is 2.80. The number of hydrogen-bond donors (Lipinski definition) is 1. The maximum Gasteiger partial charge on any atom is 0.248 e. The molecule has 30 heavy (non-hydrogen) atoms. The molecule has 0 saturated carbocycles. The first-order chi connectivity index (χ1) is 14.6. The van der Waals surface area contributed by atoms with Crippen molar-refractivity contribution in [1.29, 1.82) is 0 Å². The van der Waals surface area contributed by atoms with E-state index in [0.29, 0.717) is 18.9 Å². The zero-order valence-electron chi connectivity index (χ0n) is 16.9. The lowest BCUT2D eigenvalue weighted by Gasteiger charge is -2.42. The van der Waals surface area contributed by atoms with Gasteiger partial charge in [-0.15, -0.1) is 0 Å². The van der Waals surface area contributed by atoms with Crippen molar-refractivity contribution in [1.82, 2.24) is 9.80 Å². The highest BCUT2D eigenvalue weighted by atomic mass is 19.1. The summed E-state index contributed by atoms with van der Waals surface area (Å²) in [5.41, 5.74) is 1.09. The van der Waals surface area contributed by atoms with E-state index < -0.39 is 0 Å². The first-order valence-corrected chi connectivity index (χ1v) is 10.4. The van der Waals surface area contributed by atoms with Crippen molar-refractivity contribution < 1.29 is 23.8 Å². The van der Waals surface area contributed by atoms with Crippen LogP contribution in [0.2, 0.25) is 0 Å². The van der Waals surface area contributed by atoms with Gasteiger partial charge in [0.1, 0.15) is 36.6 Å².